The molecule has 4 aromatic rings. The van der Waals surface area contributed by atoms with Crippen LogP contribution in [0.15, 0.2) is 59.3 Å². The second-order valence-electron chi connectivity index (χ2n) is 11.4. The Morgan fingerprint density at radius 3 is 2.56 bits per heavy atom. The van der Waals surface area contributed by atoms with E-state index < -0.39 is 6.04 Å². The standard InChI is InChI=1S/C29H33N7O3/c1-28(2,3)26-34-25(39-36-26)21-15-30-27(33-23(21)32-22(16-37)17-9-7-6-8-10-17)31-19-12-11-18-14-29(4,5)35-24(38)20(18)13-19/h6-13,15,22,37H,14,16H2,1-5H3,(H,35,38)(H2,30,31,32,33)/t22-/m1/s1. The van der Waals surface area contributed by atoms with Crippen LogP contribution in [-0.4, -0.2) is 43.3 Å². The van der Waals surface area contributed by atoms with E-state index in [9.17, 15) is 9.90 Å². The Balaban J connectivity index is 1.49. The lowest BCUT2D eigenvalue weighted by Crippen LogP contribution is -2.49. The molecule has 3 heterocycles. The zero-order valence-corrected chi connectivity index (χ0v) is 22.7. The van der Waals surface area contributed by atoms with Gasteiger partial charge in [-0.05, 0) is 43.5 Å². The maximum Gasteiger partial charge on any atom is 0.263 e. The van der Waals surface area contributed by atoms with Crippen LogP contribution in [0.25, 0.3) is 11.5 Å². The Kier molecular flexibility index (Phi) is 6.82. The Morgan fingerprint density at radius 1 is 1.10 bits per heavy atom. The number of aromatic nitrogens is 4. The number of aliphatic hydroxyl groups excluding tert-OH is 1. The Labute approximate surface area is 227 Å². The Bertz CT molecular complexity index is 1490. The summed E-state index contributed by atoms with van der Waals surface area (Å²) in [5, 5.41) is 23.9. The van der Waals surface area contributed by atoms with E-state index in [1.165, 1.54) is 0 Å². The largest absolute Gasteiger partial charge is 0.394 e. The molecule has 0 fully saturated rings. The maximum absolute atomic E-state index is 12.7. The van der Waals surface area contributed by atoms with Crippen molar-refractivity contribution in [1.82, 2.24) is 25.4 Å². The first-order chi connectivity index (χ1) is 18.5. The summed E-state index contributed by atoms with van der Waals surface area (Å²) in [4.78, 5) is 26.5. The highest BCUT2D eigenvalue weighted by Crippen LogP contribution is 2.32. The molecule has 5 rings (SSSR count). The molecule has 0 unspecified atom stereocenters. The van der Waals surface area contributed by atoms with Gasteiger partial charge >= 0.3 is 0 Å². The van der Waals surface area contributed by atoms with E-state index in [2.05, 4.69) is 31.1 Å². The van der Waals surface area contributed by atoms with Crippen LogP contribution in [0, 0.1) is 0 Å². The van der Waals surface area contributed by atoms with Gasteiger partial charge in [0.05, 0.1) is 12.6 Å². The summed E-state index contributed by atoms with van der Waals surface area (Å²) in [5.41, 5.74) is 3.10. The van der Waals surface area contributed by atoms with Crippen molar-refractivity contribution < 1.29 is 14.4 Å². The zero-order chi connectivity index (χ0) is 27.8. The van der Waals surface area contributed by atoms with Gasteiger partial charge in [0.15, 0.2) is 5.82 Å². The van der Waals surface area contributed by atoms with E-state index >= 15 is 0 Å². The molecule has 202 valence electrons. The lowest BCUT2D eigenvalue weighted by Gasteiger charge is -2.32. The monoisotopic (exact) mass is 527 g/mol. The third kappa shape index (κ3) is 5.75. The number of hydrogen-bond acceptors (Lipinski definition) is 9. The highest BCUT2D eigenvalue weighted by molar-refractivity contribution is 5.98. The van der Waals surface area contributed by atoms with Gasteiger partial charge in [-0.3, -0.25) is 4.79 Å². The molecule has 2 aromatic heterocycles. The average Bonchev–Trinajstić information content (AvgIpc) is 3.39. The third-order valence-electron chi connectivity index (χ3n) is 6.51. The van der Waals surface area contributed by atoms with Crippen LogP contribution >= 0.6 is 0 Å². The molecule has 10 heteroatoms. The van der Waals surface area contributed by atoms with Gasteiger partial charge in [-0.25, -0.2) is 4.98 Å². The predicted octanol–water partition coefficient (Wildman–Crippen LogP) is 4.78. The third-order valence-corrected chi connectivity index (χ3v) is 6.51. The fraction of sp³-hybridized carbons (Fsp3) is 0.345. The van der Waals surface area contributed by atoms with Crippen molar-refractivity contribution in [3.8, 4) is 11.5 Å². The smallest absolute Gasteiger partial charge is 0.263 e. The fourth-order valence-electron chi connectivity index (χ4n) is 4.47. The molecule has 1 amide bonds. The van der Waals surface area contributed by atoms with Crippen LogP contribution in [0.1, 0.15) is 68.0 Å². The lowest BCUT2D eigenvalue weighted by atomic mass is 9.87. The average molecular weight is 528 g/mol. The molecule has 1 aliphatic rings. The number of nitrogens with zero attached hydrogens (tertiary/aromatic N) is 4. The molecule has 39 heavy (non-hydrogen) atoms. The van der Waals surface area contributed by atoms with E-state index in [1.54, 1.807) is 12.3 Å². The summed E-state index contributed by atoms with van der Waals surface area (Å²) < 4.78 is 5.58. The first-order valence-corrected chi connectivity index (χ1v) is 12.9. The number of carbonyl (C=O) groups is 1. The summed E-state index contributed by atoms with van der Waals surface area (Å²) in [5.74, 6) is 1.44. The van der Waals surface area contributed by atoms with E-state index in [0.29, 0.717) is 34.4 Å². The molecular weight excluding hydrogens is 494 g/mol. The minimum Gasteiger partial charge on any atom is -0.394 e. The summed E-state index contributed by atoms with van der Waals surface area (Å²) >= 11 is 0. The van der Waals surface area contributed by atoms with Crippen molar-refractivity contribution >= 4 is 23.4 Å². The highest BCUT2D eigenvalue weighted by atomic mass is 16.5. The molecule has 1 aliphatic heterocycles. The summed E-state index contributed by atoms with van der Waals surface area (Å²) in [6.45, 7) is 9.85. The molecule has 0 bridgehead atoms. The maximum atomic E-state index is 12.7. The van der Waals surface area contributed by atoms with Gasteiger partial charge in [-0.1, -0.05) is 62.3 Å². The van der Waals surface area contributed by atoms with Crippen LogP contribution in [-0.2, 0) is 11.8 Å². The van der Waals surface area contributed by atoms with Crippen molar-refractivity contribution in [1.29, 1.82) is 0 Å². The van der Waals surface area contributed by atoms with Crippen LogP contribution < -0.4 is 16.0 Å². The fourth-order valence-corrected chi connectivity index (χ4v) is 4.47. The highest BCUT2D eigenvalue weighted by Gasteiger charge is 2.30. The van der Waals surface area contributed by atoms with Gasteiger partial charge in [-0.15, -0.1) is 0 Å². The van der Waals surface area contributed by atoms with Crippen molar-refractivity contribution in [3.63, 3.8) is 0 Å². The normalized spacial score (nSPS) is 15.3. The molecular formula is C29H33N7O3. The summed E-state index contributed by atoms with van der Waals surface area (Å²) in [6.07, 6.45) is 2.35. The van der Waals surface area contributed by atoms with Gasteiger partial charge < -0.3 is 25.6 Å². The van der Waals surface area contributed by atoms with E-state index in [4.69, 9.17) is 9.51 Å². The Hall–Kier alpha value is -4.31. The van der Waals surface area contributed by atoms with Crippen LogP contribution in [0.5, 0.6) is 0 Å². The molecule has 0 radical (unpaired) electrons. The number of benzene rings is 2. The van der Waals surface area contributed by atoms with Crippen LogP contribution in [0.3, 0.4) is 0 Å². The van der Waals surface area contributed by atoms with Crippen molar-refractivity contribution in [2.75, 3.05) is 17.2 Å². The molecule has 0 spiro atoms. The molecule has 4 N–H and O–H groups in total. The lowest BCUT2D eigenvalue weighted by molar-refractivity contribution is 0.0897. The first-order valence-electron chi connectivity index (χ1n) is 12.9. The number of nitrogens with one attached hydrogen (secondary N) is 3. The van der Waals surface area contributed by atoms with Crippen LogP contribution in [0.2, 0.25) is 0 Å². The van der Waals surface area contributed by atoms with E-state index in [0.717, 1.165) is 17.5 Å². The van der Waals surface area contributed by atoms with Crippen LogP contribution in [0.4, 0.5) is 17.5 Å². The van der Waals surface area contributed by atoms with E-state index in [-0.39, 0.29) is 29.4 Å². The summed E-state index contributed by atoms with van der Waals surface area (Å²) in [7, 11) is 0. The van der Waals surface area contributed by atoms with Gasteiger partial charge in [-0.2, -0.15) is 9.97 Å². The number of carbonyl (C=O) groups excluding carboxylic acids is 1. The molecule has 0 saturated carbocycles. The minimum absolute atomic E-state index is 0.108. The number of fused-ring (bicyclic) bond motifs is 1. The topological polar surface area (TPSA) is 138 Å². The first kappa shape index (κ1) is 26.3. The van der Waals surface area contributed by atoms with Crippen molar-refractivity contribution in [2.45, 2.75) is 58.0 Å². The molecule has 10 nitrogen and oxygen atoms in total. The molecule has 0 aliphatic carbocycles. The molecule has 2 aromatic carbocycles. The second-order valence-corrected chi connectivity index (χ2v) is 11.4. The number of rotatable bonds is 7. The summed E-state index contributed by atoms with van der Waals surface area (Å²) in [6, 6.07) is 14.8. The second kappa shape index (κ2) is 10.1. The number of aliphatic hydroxyl groups is 1. The number of amides is 1. The van der Waals surface area contributed by atoms with Crippen molar-refractivity contribution in [3.05, 3.63) is 77.2 Å². The van der Waals surface area contributed by atoms with Crippen molar-refractivity contribution in [2.24, 2.45) is 0 Å². The van der Waals surface area contributed by atoms with Gasteiger partial charge in [0.2, 0.25) is 5.95 Å². The molecule has 1 atom stereocenters. The van der Waals surface area contributed by atoms with Gasteiger partial charge in [0.25, 0.3) is 11.8 Å². The minimum atomic E-state index is -0.437. The Morgan fingerprint density at radius 2 is 1.87 bits per heavy atom. The number of anilines is 3. The zero-order valence-electron chi connectivity index (χ0n) is 22.7. The number of hydrogen-bond donors (Lipinski definition) is 4. The molecule has 0 saturated heterocycles. The quantitative estimate of drug-likeness (QED) is 0.267. The predicted molar refractivity (Wildman–Crippen MR) is 149 cm³/mol. The SMILES string of the molecule is CC1(C)Cc2ccc(Nc3ncc(-c4nc(C(C)(C)C)no4)c(N[C@H](CO)c4ccccc4)n3)cc2C(=O)N1. The van der Waals surface area contributed by atoms with E-state index in [1.807, 2.05) is 77.1 Å². The van der Waals surface area contributed by atoms with Gasteiger partial charge in [0, 0.05) is 28.4 Å². The van der Waals surface area contributed by atoms with Gasteiger partial charge in [0.1, 0.15) is 11.4 Å².